The van der Waals surface area contributed by atoms with Crippen LogP contribution in [0.15, 0.2) is 66.7 Å². The summed E-state index contributed by atoms with van der Waals surface area (Å²) in [6.45, 7) is 2.61. The summed E-state index contributed by atoms with van der Waals surface area (Å²) in [7, 11) is 3.22. The number of hydrogen-bond donors (Lipinski definition) is 1. The number of nitrogens with zero attached hydrogens (tertiary/aromatic N) is 2. The van der Waals surface area contributed by atoms with Crippen molar-refractivity contribution < 1.29 is 19.0 Å². The molecule has 0 unspecified atom stereocenters. The van der Waals surface area contributed by atoms with E-state index < -0.39 is 0 Å². The summed E-state index contributed by atoms with van der Waals surface area (Å²) in [5.41, 5.74) is 4.36. The largest absolute Gasteiger partial charge is 0.493 e. The zero-order valence-corrected chi connectivity index (χ0v) is 21.4. The number of carbonyl (C=O) groups excluding carboxylic acids is 1. The summed E-state index contributed by atoms with van der Waals surface area (Å²) >= 11 is 1.23. The summed E-state index contributed by atoms with van der Waals surface area (Å²) in [5.74, 6) is 2.73. The molecule has 0 spiro atoms. The normalized spacial score (nSPS) is 10.6. The quantitative estimate of drug-likeness (QED) is 0.305. The standard InChI is InChI=1S/C28H29N3O4S/c1-19-4-6-20(7-5-19)17-26-30-28(36-31-26)35-23-11-8-21(9-12-23)18-27(32)29-15-14-22-10-13-24(33-2)25(16-22)34-3/h4-13,16H,14-15,17-18H2,1-3H3,(H,29,32). The second kappa shape index (κ2) is 12.2. The maximum atomic E-state index is 12.4. The molecule has 0 aliphatic carbocycles. The Hall–Kier alpha value is -3.91. The van der Waals surface area contributed by atoms with Crippen molar-refractivity contribution in [1.82, 2.24) is 14.7 Å². The number of aryl methyl sites for hydroxylation is 1. The van der Waals surface area contributed by atoms with E-state index in [4.69, 9.17) is 14.2 Å². The number of carbonyl (C=O) groups is 1. The topological polar surface area (TPSA) is 82.6 Å². The number of aromatic nitrogens is 2. The van der Waals surface area contributed by atoms with Crippen molar-refractivity contribution in [2.24, 2.45) is 0 Å². The maximum absolute atomic E-state index is 12.4. The van der Waals surface area contributed by atoms with Gasteiger partial charge in [0.2, 0.25) is 5.91 Å². The summed E-state index contributed by atoms with van der Waals surface area (Å²) < 4.78 is 20.8. The number of amides is 1. The maximum Gasteiger partial charge on any atom is 0.298 e. The van der Waals surface area contributed by atoms with E-state index in [0.29, 0.717) is 48.2 Å². The zero-order valence-electron chi connectivity index (χ0n) is 20.6. The van der Waals surface area contributed by atoms with Crippen LogP contribution in [-0.2, 0) is 24.1 Å². The first-order chi connectivity index (χ1) is 17.5. The highest BCUT2D eigenvalue weighted by molar-refractivity contribution is 7.07. The highest BCUT2D eigenvalue weighted by Gasteiger charge is 2.09. The van der Waals surface area contributed by atoms with E-state index in [9.17, 15) is 4.79 Å². The van der Waals surface area contributed by atoms with E-state index in [1.165, 1.54) is 17.1 Å². The van der Waals surface area contributed by atoms with E-state index in [-0.39, 0.29) is 5.91 Å². The van der Waals surface area contributed by atoms with Crippen molar-refractivity contribution in [3.63, 3.8) is 0 Å². The first-order valence-electron chi connectivity index (χ1n) is 11.6. The molecule has 7 nitrogen and oxygen atoms in total. The average molecular weight is 504 g/mol. The molecule has 0 radical (unpaired) electrons. The Morgan fingerprint density at radius 2 is 1.58 bits per heavy atom. The lowest BCUT2D eigenvalue weighted by atomic mass is 10.1. The Morgan fingerprint density at radius 3 is 2.31 bits per heavy atom. The molecule has 1 aromatic heterocycles. The van der Waals surface area contributed by atoms with Crippen molar-refractivity contribution in [3.05, 3.63) is 94.8 Å². The molecule has 1 amide bonds. The third-order valence-electron chi connectivity index (χ3n) is 5.61. The molecule has 0 aliphatic rings. The molecule has 0 aliphatic heterocycles. The molecule has 0 atom stereocenters. The van der Waals surface area contributed by atoms with Crippen molar-refractivity contribution in [2.45, 2.75) is 26.2 Å². The molecule has 4 rings (SSSR count). The van der Waals surface area contributed by atoms with Crippen LogP contribution in [0.1, 0.15) is 28.1 Å². The van der Waals surface area contributed by atoms with Gasteiger partial charge in [-0.15, -0.1) is 0 Å². The van der Waals surface area contributed by atoms with Gasteiger partial charge in [0.15, 0.2) is 17.3 Å². The summed E-state index contributed by atoms with van der Waals surface area (Å²) in [5, 5.41) is 3.46. The zero-order chi connectivity index (χ0) is 25.3. The highest BCUT2D eigenvalue weighted by Crippen LogP contribution is 2.27. The lowest BCUT2D eigenvalue weighted by molar-refractivity contribution is -0.120. The van der Waals surface area contributed by atoms with Crippen LogP contribution in [0.3, 0.4) is 0 Å². The molecular formula is C28H29N3O4S. The van der Waals surface area contributed by atoms with Gasteiger partial charge in [-0.25, -0.2) is 0 Å². The predicted molar refractivity (Wildman–Crippen MR) is 140 cm³/mol. The summed E-state index contributed by atoms with van der Waals surface area (Å²) in [4.78, 5) is 16.8. The van der Waals surface area contributed by atoms with Crippen molar-refractivity contribution >= 4 is 17.4 Å². The van der Waals surface area contributed by atoms with Gasteiger partial charge in [0, 0.05) is 24.5 Å². The van der Waals surface area contributed by atoms with Gasteiger partial charge in [0.05, 0.1) is 20.6 Å². The van der Waals surface area contributed by atoms with Gasteiger partial charge in [-0.2, -0.15) is 9.36 Å². The lowest BCUT2D eigenvalue weighted by Gasteiger charge is -2.10. The Bertz CT molecular complexity index is 1290. The number of benzene rings is 3. The number of methoxy groups -OCH3 is 2. The smallest absolute Gasteiger partial charge is 0.298 e. The van der Waals surface area contributed by atoms with Gasteiger partial charge in [0.1, 0.15) is 5.75 Å². The fourth-order valence-electron chi connectivity index (χ4n) is 3.65. The van der Waals surface area contributed by atoms with Crippen LogP contribution in [0.25, 0.3) is 0 Å². The molecule has 8 heteroatoms. The van der Waals surface area contributed by atoms with Crippen LogP contribution in [0.4, 0.5) is 0 Å². The second-order valence-electron chi connectivity index (χ2n) is 8.35. The van der Waals surface area contributed by atoms with Crippen LogP contribution in [0.2, 0.25) is 0 Å². The average Bonchev–Trinajstić information content (AvgIpc) is 3.33. The fraction of sp³-hybridized carbons (Fsp3) is 0.250. The highest BCUT2D eigenvalue weighted by atomic mass is 32.1. The monoisotopic (exact) mass is 503 g/mol. The van der Waals surface area contributed by atoms with E-state index in [0.717, 1.165) is 22.5 Å². The fourth-order valence-corrected chi connectivity index (χ4v) is 4.21. The van der Waals surface area contributed by atoms with Crippen molar-refractivity contribution in [3.8, 4) is 22.4 Å². The molecule has 3 aromatic carbocycles. The van der Waals surface area contributed by atoms with Gasteiger partial charge in [0.25, 0.3) is 5.19 Å². The van der Waals surface area contributed by atoms with Gasteiger partial charge in [-0.05, 0) is 54.3 Å². The van der Waals surface area contributed by atoms with Crippen LogP contribution >= 0.6 is 11.5 Å². The number of rotatable bonds is 11. The number of nitrogens with one attached hydrogen (secondary N) is 1. The van der Waals surface area contributed by atoms with E-state index in [1.807, 2.05) is 42.5 Å². The molecule has 4 aromatic rings. The Labute approximate surface area is 215 Å². The minimum absolute atomic E-state index is 0.0333. The molecule has 0 fully saturated rings. The van der Waals surface area contributed by atoms with Crippen LogP contribution in [0, 0.1) is 6.92 Å². The van der Waals surface area contributed by atoms with E-state index in [2.05, 4.69) is 45.9 Å². The lowest BCUT2D eigenvalue weighted by Crippen LogP contribution is -2.27. The third kappa shape index (κ3) is 7.05. The van der Waals surface area contributed by atoms with Gasteiger partial charge in [-0.1, -0.05) is 48.0 Å². The molecule has 0 bridgehead atoms. The molecule has 36 heavy (non-hydrogen) atoms. The van der Waals surface area contributed by atoms with Gasteiger partial charge >= 0.3 is 0 Å². The molecule has 0 saturated carbocycles. The molecular weight excluding hydrogens is 474 g/mol. The van der Waals surface area contributed by atoms with Crippen LogP contribution < -0.4 is 19.5 Å². The second-order valence-corrected chi connectivity index (χ2v) is 9.07. The molecule has 0 saturated heterocycles. The minimum Gasteiger partial charge on any atom is -0.493 e. The van der Waals surface area contributed by atoms with E-state index in [1.54, 1.807) is 14.2 Å². The van der Waals surface area contributed by atoms with Crippen LogP contribution in [0.5, 0.6) is 22.4 Å². The molecule has 1 heterocycles. The van der Waals surface area contributed by atoms with Gasteiger partial charge < -0.3 is 19.5 Å². The Morgan fingerprint density at radius 1 is 0.889 bits per heavy atom. The summed E-state index contributed by atoms with van der Waals surface area (Å²) in [6, 6.07) is 21.5. The first-order valence-corrected chi connectivity index (χ1v) is 12.4. The first kappa shape index (κ1) is 25.2. The summed E-state index contributed by atoms with van der Waals surface area (Å²) in [6.07, 6.45) is 1.67. The number of ether oxygens (including phenoxy) is 3. The Balaban J connectivity index is 1.23. The van der Waals surface area contributed by atoms with Crippen LogP contribution in [-0.4, -0.2) is 36.0 Å². The predicted octanol–water partition coefficient (Wildman–Crippen LogP) is 5.15. The number of hydrogen-bond acceptors (Lipinski definition) is 7. The molecule has 1 N–H and O–H groups in total. The Kier molecular flexibility index (Phi) is 8.52. The van der Waals surface area contributed by atoms with E-state index >= 15 is 0 Å². The third-order valence-corrected chi connectivity index (χ3v) is 6.24. The van der Waals surface area contributed by atoms with Crippen molar-refractivity contribution in [2.75, 3.05) is 20.8 Å². The minimum atomic E-state index is -0.0333. The van der Waals surface area contributed by atoms with Gasteiger partial charge in [-0.3, -0.25) is 4.79 Å². The van der Waals surface area contributed by atoms with Crippen molar-refractivity contribution in [1.29, 1.82) is 0 Å². The SMILES string of the molecule is COc1ccc(CCNC(=O)Cc2ccc(Oc3nc(Cc4ccc(C)cc4)ns3)cc2)cc1OC. The molecule has 186 valence electrons.